The highest BCUT2D eigenvalue weighted by molar-refractivity contribution is 4.93. The lowest BCUT2D eigenvalue weighted by Gasteiger charge is -2.39. The standard InChI is InChI=1S/C16H29NO/c1-2-6-14(7-3-1)13-17-15-8-11-18-16(12-15)9-4-5-10-16/h14-15,17H,1-13H2. The Labute approximate surface area is 112 Å². The van der Waals surface area contributed by atoms with Crippen LogP contribution in [0.5, 0.6) is 0 Å². The maximum atomic E-state index is 6.11. The molecule has 2 heteroatoms. The van der Waals surface area contributed by atoms with Crippen LogP contribution < -0.4 is 5.32 Å². The third-order valence-corrected chi connectivity index (χ3v) is 5.43. The van der Waals surface area contributed by atoms with E-state index in [0.717, 1.165) is 18.6 Å². The molecule has 2 saturated carbocycles. The van der Waals surface area contributed by atoms with E-state index in [1.807, 2.05) is 0 Å². The van der Waals surface area contributed by atoms with E-state index >= 15 is 0 Å². The van der Waals surface area contributed by atoms with Crippen molar-refractivity contribution in [3.8, 4) is 0 Å². The summed E-state index contributed by atoms with van der Waals surface area (Å²) in [6.45, 7) is 2.25. The molecule has 0 amide bonds. The summed E-state index contributed by atoms with van der Waals surface area (Å²) in [5.41, 5.74) is 0.280. The molecule has 18 heavy (non-hydrogen) atoms. The molecular formula is C16H29NO. The zero-order valence-corrected chi connectivity index (χ0v) is 11.8. The van der Waals surface area contributed by atoms with Crippen molar-refractivity contribution in [2.75, 3.05) is 13.2 Å². The Bertz CT molecular complexity index is 254. The van der Waals surface area contributed by atoms with Gasteiger partial charge in [-0.3, -0.25) is 0 Å². The predicted molar refractivity (Wildman–Crippen MR) is 74.8 cm³/mol. The van der Waals surface area contributed by atoms with Crippen LogP contribution in [-0.4, -0.2) is 24.8 Å². The number of rotatable bonds is 3. The Balaban J connectivity index is 1.44. The van der Waals surface area contributed by atoms with Gasteiger partial charge in [-0.1, -0.05) is 32.1 Å². The molecule has 104 valence electrons. The summed E-state index contributed by atoms with van der Waals surface area (Å²) in [5.74, 6) is 0.959. The summed E-state index contributed by atoms with van der Waals surface area (Å²) in [6.07, 6.45) is 15.2. The monoisotopic (exact) mass is 251 g/mol. The minimum absolute atomic E-state index is 0.280. The van der Waals surface area contributed by atoms with Crippen LogP contribution in [0.1, 0.15) is 70.6 Å². The van der Waals surface area contributed by atoms with Gasteiger partial charge in [0, 0.05) is 12.6 Å². The summed E-state index contributed by atoms with van der Waals surface area (Å²) in [7, 11) is 0. The molecule has 1 saturated heterocycles. The van der Waals surface area contributed by atoms with E-state index in [-0.39, 0.29) is 5.60 Å². The van der Waals surface area contributed by atoms with Crippen LogP contribution in [0.15, 0.2) is 0 Å². The van der Waals surface area contributed by atoms with Crippen LogP contribution in [0.3, 0.4) is 0 Å². The Morgan fingerprint density at radius 1 is 0.944 bits per heavy atom. The van der Waals surface area contributed by atoms with Gasteiger partial charge in [-0.25, -0.2) is 0 Å². The van der Waals surface area contributed by atoms with Gasteiger partial charge >= 0.3 is 0 Å². The van der Waals surface area contributed by atoms with E-state index < -0.39 is 0 Å². The summed E-state index contributed by atoms with van der Waals surface area (Å²) in [6, 6.07) is 0.735. The van der Waals surface area contributed by atoms with Crippen LogP contribution in [0, 0.1) is 5.92 Å². The van der Waals surface area contributed by atoms with Crippen LogP contribution in [0.4, 0.5) is 0 Å². The second-order valence-corrected chi connectivity index (χ2v) is 6.84. The summed E-state index contributed by atoms with van der Waals surface area (Å²) < 4.78 is 6.11. The quantitative estimate of drug-likeness (QED) is 0.826. The average Bonchev–Trinajstić information content (AvgIpc) is 2.86. The molecule has 1 atom stereocenters. The van der Waals surface area contributed by atoms with Crippen molar-refractivity contribution in [3.63, 3.8) is 0 Å². The molecule has 0 aromatic carbocycles. The fourth-order valence-electron chi connectivity index (χ4n) is 4.29. The van der Waals surface area contributed by atoms with Crippen molar-refractivity contribution in [2.45, 2.75) is 82.3 Å². The van der Waals surface area contributed by atoms with Gasteiger partial charge in [-0.05, 0) is 51.0 Å². The maximum absolute atomic E-state index is 6.11. The number of ether oxygens (including phenoxy) is 1. The van der Waals surface area contributed by atoms with Gasteiger partial charge in [0.2, 0.25) is 0 Å². The normalized spacial score (nSPS) is 33.0. The molecule has 0 radical (unpaired) electrons. The fraction of sp³-hybridized carbons (Fsp3) is 1.00. The van der Waals surface area contributed by atoms with Gasteiger partial charge in [-0.2, -0.15) is 0 Å². The highest BCUT2D eigenvalue weighted by Gasteiger charge is 2.39. The zero-order chi connectivity index (χ0) is 12.3. The van der Waals surface area contributed by atoms with E-state index in [4.69, 9.17) is 4.74 Å². The lowest BCUT2D eigenvalue weighted by molar-refractivity contribution is -0.0839. The van der Waals surface area contributed by atoms with Gasteiger partial charge < -0.3 is 10.1 Å². The fourth-order valence-corrected chi connectivity index (χ4v) is 4.29. The van der Waals surface area contributed by atoms with E-state index in [1.54, 1.807) is 0 Å². The molecule has 3 fully saturated rings. The second kappa shape index (κ2) is 5.92. The largest absolute Gasteiger partial charge is 0.375 e. The molecule has 1 heterocycles. The van der Waals surface area contributed by atoms with Crippen molar-refractivity contribution >= 4 is 0 Å². The van der Waals surface area contributed by atoms with Gasteiger partial charge in [0.15, 0.2) is 0 Å². The Hall–Kier alpha value is -0.0800. The number of hydrogen-bond acceptors (Lipinski definition) is 2. The van der Waals surface area contributed by atoms with Crippen molar-refractivity contribution < 1.29 is 4.74 Å². The van der Waals surface area contributed by atoms with E-state index in [9.17, 15) is 0 Å². The van der Waals surface area contributed by atoms with E-state index in [1.165, 1.54) is 77.2 Å². The number of nitrogens with one attached hydrogen (secondary N) is 1. The van der Waals surface area contributed by atoms with Crippen LogP contribution in [-0.2, 0) is 4.74 Å². The van der Waals surface area contributed by atoms with Crippen molar-refractivity contribution in [1.29, 1.82) is 0 Å². The van der Waals surface area contributed by atoms with Gasteiger partial charge in [0.05, 0.1) is 5.60 Å². The Morgan fingerprint density at radius 3 is 2.50 bits per heavy atom. The lowest BCUT2D eigenvalue weighted by Crippen LogP contribution is -2.46. The average molecular weight is 251 g/mol. The van der Waals surface area contributed by atoms with Gasteiger partial charge in [0.1, 0.15) is 0 Å². The van der Waals surface area contributed by atoms with Crippen LogP contribution in [0.2, 0.25) is 0 Å². The smallest absolute Gasteiger partial charge is 0.0697 e. The highest BCUT2D eigenvalue weighted by Crippen LogP contribution is 2.40. The van der Waals surface area contributed by atoms with Crippen molar-refractivity contribution in [2.24, 2.45) is 5.92 Å². The molecule has 0 aromatic rings. The minimum Gasteiger partial charge on any atom is -0.375 e. The lowest BCUT2D eigenvalue weighted by atomic mass is 9.87. The SMILES string of the molecule is C1CCC(CNC2CCOC3(CCCC3)C2)CC1. The molecule has 1 N–H and O–H groups in total. The first kappa shape index (κ1) is 12.9. The minimum atomic E-state index is 0.280. The van der Waals surface area contributed by atoms with Crippen LogP contribution >= 0.6 is 0 Å². The number of hydrogen-bond donors (Lipinski definition) is 1. The molecule has 1 aliphatic heterocycles. The first-order chi connectivity index (χ1) is 8.86. The second-order valence-electron chi connectivity index (χ2n) is 6.84. The van der Waals surface area contributed by atoms with Crippen molar-refractivity contribution in [1.82, 2.24) is 5.32 Å². The molecule has 2 aliphatic carbocycles. The zero-order valence-electron chi connectivity index (χ0n) is 11.8. The third kappa shape index (κ3) is 3.08. The van der Waals surface area contributed by atoms with Gasteiger partial charge in [0.25, 0.3) is 0 Å². The highest BCUT2D eigenvalue weighted by atomic mass is 16.5. The molecule has 1 spiro atoms. The van der Waals surface area contributed by atoms with Gasteiger partial charge in [-0.15, -0.1) is 0 Å². The molecule has 3 rings (SSSR count). The molecule has 0 bridgehead atoms. The first-order valence-corrected chi connectivity index (χ1v) is 8.24. The van der Waals surface area contributed by atoms with E-state index in [2.05, 4.69) is 5.32 Å². The van der Waals surface area contributed by atoms with E-state index in [0.29, 0.717) is 0 Å². The molecule has 2 nitrogen and oxygen atoms in total. The molecule has 3 aliphatic rings. The summed E-state index contributed by atoms with van der Waals surface area (Å²) in [5, 5.41) is 3.86. The third-order valence-electron chi connectivity index (χ3n) is 5.43. The topological polar surface area (TPSA) is 21.3 Å². The summed E-state index contributed by atoms with van der Waals surface area (Å²) >= 11 is 0. The van der Waals surface area contributed by atoms with Crippen LogP contribution in [0.25, 0.3) is 0 Å². The maximum Gasteiger partial charge on any atom is 0.0697 e. The van der Waals surface area contributed by atoms with Crippen molar-refractivity contribution in [3.05, 3.63) is 0 Å². The predicted octanol–water partition coefficient (Wildman–Crippen LogP) is 3.65. The molecule has 0 aromatic heterocycles. The summed E-state index contributed by atoms with van der Waals surface area (Å²) in [4.78, 5) is 0. The first-order valence-electron chi connectivity index (χ1n) is 8.24. The Kier molecular flexibility index (Phi) is 4.25. The Morgan fingerprint density at radius 2 is 1.72 bits per heavy atom. The molecule has 1 unspecified atom stereocenters. The molecular weight excluding hydrogens is 222 g/mol.